The van der Waals surface area contributed by atoms with Crippen molar-refractivity contribution in [2.45, 2.75) is 39.2 Å². The quantitative estimate of drug-likeness (QED) is 0.408. The number of nitrogens with one attached hydrogen (secondary N) is 1. The summed E-state index contributed by atoms with van der Waals surface area (Å²) >= 11 is 7.59. The zero-order chi connectivity index (χ0) is 21.3. The van der Waals surface area contributed by atoms with E-state index in [1.807, 2.05) is 35.8 Å². The van der Waals surface area contributed by atoms with Crippen molar-refractivity contribution in [3.8, 4) is 0 Å². The second-order valence-corrected chi connectivity index (χ2v) is 9.55. The lowest BCUT2D eigenvalue weighted by Gasteiger charge is -2.14. The molecule has 1 amide bonds. The number of rotatable bonds is 5. The van der Waals surface area contributed by atoms with E-state index in [1.54, 1.807) is 6.20 Å². The van der Waals surface area contributed by atoms with Crippen molar-refractivity contribution in [2.24, 2.45) is 0 Å². The number of anilines is 1. The standard InChI is InChI=1S/C23H23ClN4OS/c1-23(2,3)19-14-30-22(26-19)27-21(29)9-16-13-28(12-15-7-5-4-6-8-15)18-10-20(24)25-11-17(16)18/h4-8,10-11,13-14H,9,12H2,1-3H3,(H,26,27,29). The van der Waals surface area contributed by atoms with E-state index in [2.05, 4.69) is 52.8 Å². The molecule has 154 valence electrons. The van der Waals surface area contributed by atoms with Crippen molar-refractivity contribution >= 4 is 44.9 Å². The van der Waals surface area contributed by atoms with Gasteiger partial charge in [0.25, 0.3) is 0 Å². The van der Waals surface area contributed by atoms with Gasteiger partial charge in [-0.15, -0.1) is 11.3 Å². The van der Waals surface area contributed by atoms with E-state index in [1.165, 1.54) is 16.9 Å². The average Bonchev–Trinajstić information content (AvgIpc) is 3.28. The molecule has 3 aromatic heterocycles. The number of hydrogen-bond donors (Lipinski definition) is 1. The Balaban J connectivity index is 1.58. The number of benzene rings is 1. The summed E-state index contributed by atoms with van der Waals surface area (Å²) in [6.45, 7) is 7.01. The molecule has 0 spiro atoms. The first-order valence-electron chi connectivity index (χ1n) is 9.72. The Kier molecular flexibility index (Phi) is 5.62. The summed E-state index contributed by atoms with van der Waals surface area (Å²) in [6, 6.07) is 12.0. The van der Waals surface area contributed by atoms with Gasteiger partial charge in [-0.3, -0.25) is 4.79 Å². The molecular formula is C23H23ClN4OS. The summed E-state index contributed by atoms with van der Waals surface area (Å²) in [5.74, 6) is -0.0986. The van der Waals surface area contributed by atoms with Crippen molar-refractivity contribution in [1.29, 1.82) is 0 Å². The van der Waals surface area contributed by atoms with E-state index >= 15 is 0 Å². The second kappa shape index (κ2) is 8.20. The average molecular weight is 439 g/mol. The van der Waals surface area contributed by atoms with E-state index in [9.17, 15) is 4.79 Å². The van der Waals surface area contributed by atoms with E-state index in [0.29, 0.717) is 16.8 Å². The van der Waals surface area contributed by atoms with Crippen LogP contribution in [0, 0.1) is 0 Å². The molecule has 4 aromatic rings. The van der Waals surface area contributed by atoms with E-state index in [0.717, 1.165) is 22.2 Å². The maximum absolute atomic E-state index is 12.7. The fraction of sp³-hybridized carbons (Fsp3) is 0.261. The van der Waals surface area contributed by atoms with Gasteiger partial charge in [-0.25, -0.2) is 9.97 Å². The van der Waals surface area contributed by atoms with E-state index < -0.39 is 0 Å². The lowest BCUT2D eigenvalue weighted by molar-refractivity contribution is -0.115. The Labute approximate surface area is 184 Å². The molecule has 0 unspecified atom stereocenters. The van der Waals surface area contributed by atoms with E-state index in [-0.39, 0.29) is 17.7 Å². The minimum atomic E-state index is -0.0986. The Morgan fingerprint density at radius 1 is 1.23 bits per heavy atom. The number of aromatic nitrogens is 3. The predicted octanol–water partition coefficient (Wildman–Crippen LogP) is 5.67. The van der Waals surface area contributed by atoms with Crippen LogP contribution in [-0.4, -0.2) is 20.4 Å². The number of nitrogens with zero attached hydrogens (tertiary/aromatic N) is 3. The molecule has 3 heterocycles. The van der Waals surface area contributed by atoms with Gasteiger partial charge in [0.05, 0.1) is 17.6 Å². The minimum absolute atomic E-state index is 0.0464. The number of amides is 1. The first-order valence-corrected chi connectivity index (χ1v) is 11.0. The molecular weight excluding hydrogens is 416 g/mol. The van der Waals surface area contributed by atoms with Crippen LogP contribution in [0.1, 0.15) is 37.6 Å². The summed E-state index contributed by atoms with van der Waals surface area (Å²) in [5, 5.41) is 6.91. The van der Waals surface area contributed by atoms with Crippen LogP contribution in [0.4, 0.5) is 5.13 Å². The van der Waals surface area contributed by atoms with E-state index in [4.69, 9.17) is 11.6 Å². The maximum Gasteiger partial charge on any atom is 0.230 e. The van der Waals surface area contributed by atoms with Crippen molar-refractivity contribution in [2.75, 3.05) is 5.32 Å². The Hall–Kier alpha value is -2.70. The molecule has 0 aliphatic heterocycles. The zero-order valence-electron chi connectivity index (χ0n) is 17.1. The Morgan fingerprint density at radius 3 is 2.70 bits per heavy atom. The van der Waals surface area contributed by atoms with Crippen molar-refractivity contribution < 1.29 is 4.79 Å². The molecule has 0 fully saturated rings. The maximum atomic E-state index is 12.7. The molecule has 7 heteroatoms. The minimum Gasteiger partial charge on any atom is -0.343 e. The van der Waals surface area contributed by atoms with Gasteiger partial charge >= 0.3 is 0 Å². The lowest BCUT2D eigenvalue weighted by Crippen LogP contribution is -2.15. The highest BCUT2D eigenvalue weighted by Crippen LogP contribution is 2.27. The SMILES string of the molecule is CC(C)(C)c1csc(NC(=O)Cc2cn(Cc3ccccc3)c3cc(Cl)ncc23)n1. The normalized spacial score (nSPS) is 11.7. The molecule has 30 heavy (non-hydrogen) atoms. The van der Waals surface area contributed by atoms with Crippen LogP contribution in [0.5, 0.6) is 0 Å². The largest absolute Gasteiger partial charge is 0.343 e. The van der Waals surface area contributed by atoms with Gasteiger partial charge in [-0.2, -0.15) is 0 Å². The van der Waals surface area contributed by atoms with Crippen LogP contribution in [0.25, 0.3) is 10.9 Å². The summed E-state index contributed by atoms with van der Waals surface area (Å²) in [7, 11) is 0. The van der Waals surface area contributed by atoms with Gasteiger partial charge in [0.1, 0.15) is 5.15 Å². The molecule has 0 saturated heterocycles. The van der Waals surface area contributed by atoms with Crippen molar-refractivity contribution in [3.05, 3.63) is 76.1 Å². The number of carbonyl (C=O) groups excluding carboxylic acids is 1. The number of carbonyl (C=O) groups is 1. The van der Waals surface area contributed by atoms with Gasteiger partial charge in [0, 0.05) is 35.1 Å². The van der Waals surface area contributed by atoms with Crippen LogP contribution in [0.3, 0.4) is 0 Å². The van der Waals surface area contributed by atoms with Crippen molar-refractivity contribution in [3.63, 3.8) is 0 Å². The monoisotopic (exact) mass is 438 g/mol. The molecule has 5 nitrogen and oxygen atoms in total. The number of fused-ring (bicyclic) bond motifs is 1. The fourth-order valence-electron chi connectivity index (χ4n) is 3.30. The third-order valence-corrected chi connectivity index (χ3v) is 5.85. The molecule has 0 bridgehead atoms. The predicted molar refractivity (Wildman–Crippen MR) is 123 cm³/mol. The van der Waals surface area contributed by atoms with Crippen LogP contribution in [0.2, 0.25) is 5.15 Å². The first-order chi connectivity index (χ1) is 14.3. The zero-order valence-corrected chi connectivity index (χ0v) is 18.7. The van der Waals surface area contributed by atoms with Crippen LogP contribution < -0.4 is 5.32 Å². The molecule has 0 radical (unpaired) electrons. The van der Waals surface area contributed by atoms with Gasteiger partial charge in [0.2, 0.25) is 5.91 Å². The van der Waals surface area contributed by atoms with Crippen LogP contribution in [0.15, 0.2) is 54.2 Å². The molecule has 1 N–H and O–H groups in total. The third-order valence-electron chi connectivity index (χ3n) is 4.88. The van der Waals surface area contributed by atoms with Crippen LogP contribution >= 0.6 is 22.9 Å². The summed E-state index contributed by atoms with van der Waals surface area (Å²) in [6.07, 6.45) is 3.99. The van der Waals surface area contributed by atoms with Gasteiger partial charge in [-0.1, -0.05) is 62.7 Å². The molecule has 0 atom stereocenters. The molecule has 1 aromatic carbocycles. The highest BCUT2D eigenvalue weighted by Gasteiger charge is 2.19. The Bertz CT molecular complexity index is 1190. The highest BCUT2D eigenvalue weighted by molar-refractivity contribution is 7.13. The number of hydrogen-bond acceptors (Lipinski definition) is 4. The highest BCUT2D eigenvalue weighted by atomic mass is 35.5. The second-order valence-electron chi connectivity index (χ2n) is 8.30. The first kappa shape index (κ1) is 20.6. The summed E-state index contributed by atoms with van der Waals surface area (Å²) < 4.78 is 2.11. The summed E-state index contributed by atoms with van der Waals surface area (Å²) in [5.41, 5.74) is 3.98. The molecule has 4 rings (SSSR count). The fourth-order valence-corrected chi connectivity index (χ4v) is 4.40. The smallest absolute Gasteiger partial charge is 0.230 e. The molecule has 0 aliphatic carbocycles. The number of thiazole rings is 1. The van der Waals surface area contributed by atoms with Crippen molar-refractivity contribution in [1.82, 2.24) is 14.5 Å². The summed E-state index contributed by atoms with van der Waals surface area (Å²) in [4.78, 5) is 21.5. The van der Waals surface area contributed by atoms with Gasteiger partial charge < -0.3 is 9.88 Å². The Morgan fingerprint density at radius 2 is 2.00 bits per heavy atom. The molecule has 0 aliphatic rings. The number of halogens is 1. The van der Waals surface area contributed by atoms with Crippen LogP contribution in [-0.2, 0) is 23.2 Å². The number of pyridine rings is 1. The van der Waals surface area contributed by atoms with Gasteiger partial charge in [-0.05, 0) is 17.2 Å². The van der Waals surface area contributed by atoms with Gasteiger partial charge in [0.15, 0.2) is 5.13 Å². The lowest BCUT2D eigenvalue weighted by atomic mass is 9.93. The third kappa shape index (κ3) is 4.55. The molecule has 0 saturated carbocycles. The topological polar surface area (TPSA) is 59.8 Å².